The highest BCUT2D eigenvalue weighted by molar-refractivity contribution is 5.68. The van der Waals surface area contributed by atoms with Gasteiger partial charge in [-0.2, -0.15) is 5.26 Å². The van der Waals surface area contributed by atoms with Crippen molar-refractivity contribution in [3.8, 4) is 0 Å². The van der Waals surface area contributed by atoms with E-state index in [1.165, 1.54) is 51.4 Å². The van der Waals surface area contributed by atoms with Crippen LogP contribution in [0.3, 0.4) is 0 Å². The van der Waals surface area contributed by atoms with Gasteiger partial charge in [0, 0.05) is 6.42 Å². The Labute approximate surface area is 118 Å². The van der Waals surface area contributed by atoms with E-state index in [1.54, 1.807) is 0 Å². The van der Waals surface area contributed by atoms with Crippen LogP contribution >= 0.6 is 0 Å². The van der Waals surface area contributed by atoms with Crippen molar-refractivity contribution in [1.82, 2.24) is 0 Å². The van der Waals surface area contributed by atoms with Crippen molar-refractivity contribution in [2.45, 2.75) is 84.0 Å². The molecule has 112 valence electrons. The van der Waals surface area contributed by atoms with Gasteiger partial charge in [0.1, 0.15) is 0 Å². The molecule has 0 unspecified atom stereocenters. The molecule has 0 aromatic heterocycles. The van der Waals surface area contributed by atoms with Crippen LogP contribution in [0.25, 0.3) is 0 Å². The van der Waals surface area contributed by atoms with Crippen LogP contribution in [0, 0.1) is 0 Å². The smallest absolute Gasteiger partial charge is 0.301 e. The van der Waals surface area contributed by atoms with Gasteiger partial charge in [0.15, 0.2) is 0 Å². The Morgan fingerprint density at radius 1 is 0.895 bits per heavy atom. The van der Waals surface area contributed by atoms with E-state index in [9.17, 15) is 4.79 Å². The highest BCUT2D eigenvalue weighted by Crippen LogP contribution is 2.09. The second-order valence-electron chi connectivity index (χ2n) is 5.09. The summed E-state index contributed by atoms with van der Waals surface area (Å²) < 4.78 is 0. The van der Waals surface area contributed by atoms with E-state index in [-0.39, 0.29) is 0 Å². The van der Waals surface area contributed by atoms with Crippen LogP contribution in [0.4, 0.5) is 0 Å². The molecule has 19 heavy (non-hydrogen) atoms. The summed E-state index contributed by atoms with van der Waals surface area (Å²) in [5.41, 5.74) is 0. The molecule has 0 spiro atoms. The number of unbranched alkanes of at least 4 members (excludes halogenated alkanes) is 9. The van der Waals surface area contributed by atoms with Crippen LogP contribution in [0.15, 0.2) is 12.2 Å². The molecule has 0 radical (unpaired) electrons. The summed E-state index contributed by atoms with van der Waals surface area (Å²) in [5.74, 6) is -0.522. The first-order chi connectivity index (χ1) is 9.31. The Morgan fingerprint density at radius 3 is 2.00 bits per heavy atom. The van der Waals surface area contributed by atoms with Crippen LogP contribution in [0.1, 0.15) is 84.0 Å². The van der Waals surface area contributed by atoms with Gasteiger partial charge in [-0.3, -0.25) is 0 Å². The molecule has 0 aromatic rings. The van der Waals surface area contributed by atoms with Crippen molar-refractivity contribution in [2.75, 3.05) is 0 Å². The predicted octanol–water partition coefficient (Wildman–Crippen LogP) is 5.26. The molecule has 0 bridgehead atoms. The maximum absolute atomic E-state index is 10.6. The van der Waals surface area contributed by atoms with Crippen LogP contribution in [0.2, 0.25) is 0 Å². The van der Waals surface area contributed by atoms with E-state index < -0.39 is 5.97 Å². The van der Waals surface area contributed by atoms with Gasteiger partial charge >= 0.3 is 5.97 Å². The summed E-state index contributed by atoms with van der Waals surface area (Å²) in [5, 5.41) is 8.07. The number of hydrogen-bond acceptors (Lipinski definition) is 3. The zero-order chi connectivity index (χ0) is 14.2. The lowest BCUT2D eigenvalue weighted by molar-refractivity contribution is -0.234. The minimum Gasteiger partial charge on any atom is -0.301 e. The van der Waals surface area contributed by atoms with Gasteiger partial charge < -0.3 is 4.89 Å². The van der Waals surface area contributed by atoms with Crippen molar-refractivity contribution in [3.63, 3.8) is 0 Å². The molecule has 0 saturated carbocycles. The molecule has 0 aliphatic rings. The number of carbonyl (C=O) groups is 1. The average Bonchev–Trinajstić information content (AvgIpc) is 2.43. The lowest BCUT2D eigenvalue weighted by Crippen LogP contribution is -1.99. The van der Waals surface area contributed by atoms with Crippen LogP contribution in [-0.2, 0) is 9.68 Å². The molecule has 0 aliphatic carbocycles. The normalized spacial score (nSPS) is 11.1. The summed E-state index contributed by atoms with van der Waals surface area (Å²) in [4.78, 5) is 14.2. The Kier molecular flexibility index (Phi) is 14.6. The van der Waals surface area contributed by atoms with E-state index in [0.29, 0.717) is 6.42 Å². The number of carbonyl (C=O) groups excluding carboxylic acids is 1. The van der Waals surface area contributed by atoms with Crippen molar-refractivity contribution in [1.29, 1.82) is 0 Å². The van der Waals surface area contributed by atoms with Crippen LogP contribution in [0.5, 0.6) is 0 Å². The molecular weight excluding hydrogens is 240 g/mol. The Bertz CT molecular complexity index is 224. The first kappa shape index (κ1) is 18.2. The third kappa shape index (κ3) is 15.1. The molecule has 0 atom stereocenters. The van der Waals surface area contributed by atoms with Gasteiger partial charge in [0.25, 0.3) is 0 Å². The second-order valence-corrected chi connectivity index (χ2v) is 5.09. The zero-order valence-electron chi connectivity index (χ0n) is 12.4. The van der Waals surface area contributed by atoms with Gasteiger partial charge in [-0.15, -0.1) is 0 Å². The molecule has 0 amide bonds. The number of hydrogen-bond donors (Lipinski definition) is 1. The minimum absolute atomic E-state index is 0.328. The first-order valence-electron chi connectivity index (χ1n) is 7.80. The van der Waals surface area contributed by atoms with Crippen LogP contribution < -0.4 is 0 Å². The van der Waals surface area contributed by atoms with E-state index >= 15 is 0 Å². The van der Waals surface area contributed by atoms with E-state index in [2.05, 4.69) is 24.0 Å². The second kappa shape index (κ2) is 15.2. The zero-order valence-corrected chi connectivity index (χ0v) is 12.4. The van der Waals surface area contributed by atoms with E-state index in [4.69, 9.17) is 5.26 Å². The fourth-order valence-corrected chi connectivity index (χ4v) is 2.03. The fraction of sp³-hybridized carbons (Fsp3) is 0.812. The third-order valence-corrected chi connectivity index (χ3v) is 3.24. The van der Waals surface area contributed by atoms with Gasteiger partial charge in [-0.1, -0.05) is 57.6 Å². The number of rotatable bonds is 13. The van der Waals surface area contributed by atoms with Crippen molar-refractivity contribution >= 4 is 5.97 Å². The summed E-state index contributed by atoms with van der Waals surface area (Å²) in [7, 11) is 0. The van der Waals surface area contributed by atoms with Crippen molar-refractivity contribution in [2.24, 2.45) is 0 Å². The summed E-state index contributed by atoms with van der Waals surface area (Å²) in [6.07, 6.45) is 18.1. The predicted molar refractivity (Wildman–Crippen MR) is 78.9 cm³/mol. The summed E-state index contributed by atoms with van der Waals surface area (Å²) >= 11 is 0. The lowest BCUT2D eigenvalue weighted by Gasteiger charge is -1.99. The monoisotopic (exact) mass is 270 g/mol. The van der Waals surface area contributed by atoms with Gasteiger partial charge in [-0.25, -0.2) is 4.79 Å². The fourth-order valence-electron chi connectivity index (χ4n) is 2.03. The molecule has 0 saturated heterocycles. The van der Waals surface area contributed by atoms with Gasteiger partial charge in [0.05, 0.1) is 0 Å². The molecule has 1 N–H and O–H groups in total. The molecular formula is C16H30O3. The van der Waals surface area contributed by atoms with E-state index in [1.807, 2.05) is 0 Å². The Balaban J connectivity index is 3.09. The van der Waals surface area contributed by atoms with Gasteiger partial charge in [-0.05, 0) is 32.1 Å². The molecule has 0 heterocycles. The lowest BCUT2D eigenvalue weighted by atomic mass is 10.1. The number of allylic oxidation sites excluding steroid dienone is 2. The van der Waals surface area contributed by atoms with Crippen LogP contribution in [-0.4, -0.2) is 11.2 Å². The quantitative estimate of drug-likeness (QED) is 0.215. The topological polar surface area (TPSA) is 46.5 Å². The molecule has 0 rings (SSSR count). The minimum atomic E-state index is -0.522. The standard InChI is InChI=1S/C16H30O3/c1-2-3-4-5-6-7-8-9-10-11-12-13-14-15-16(17)19-18/h7-8,18H,2-6,9-15H2,1H3/b8-7-. The molecule has 3 nitrogen and oxygen atoms in total. The largest absolute Gasteiger partial charge is 0.342 e. The molecule has 0 aromatic carbocycles. The van der Waals surface area contributed by atoms with E-state index in [0.717, 1.165) is 19.3 Å². The maximum atomic E-state index is 10.6. The summed E-state index contributed by atoms with van der Waals surface area (Å²) in [6, 6.07) is 0. The van der Waals surface area contributed by atoms with Crippen molar-refractivity contribution < 1.29 is 14.9 Å². The first-order valence-corrected chi connectivity index (χ1v) is 7.80. The third-order valence-electron chi connectivity index (χ3n) is 3.24. The van der Waals surface area contributed by atoms with Gasteiger partial charge in [0.2, 0.25) is 0 Å². The highest BCUT2D eigenvalue weighted by atomic mass is 17.1. The average molecular weight is 270 g/mol. The molecule has 0 fully saturated rings. The Hall–Kier alpha value is -0.830. The highest BCUT2D eigenvalue weighted by Gasteiger charge is 2.00. The maximum Gasteiger partial charge on any atom is 0.342 e. The summed E-state index contributed by atoms with van der Waals surface area (Å²) in [6.45, 7) is 2.24. The van der Waals surface area contributed by atoms with Crippen molar-refractivity contribution in [3.05, 3.63) is 12.2 Å². The Morgan fingerprint density at radius 2 is 1.42 bits per heavy atom. The molecule has 3 heteroatoms. The SMILES string of the molecule is CCCCCC/C=C\CCCCCCCC(=O)OO. The molecule has 0 aliphatic heterocycles.